The van der Waals surface area contributed by atoms with Crippen LogP contribution in [0.15, 0.2) is 12.1 Å². The Hall–Kier alpha value is -1.33. The van der Waals surface area contributed by atoms with Crippen LogP contribution in [-0.4, -0.2) is 34.6 Å². The number of halogens is 2. The molecule has 3 rings (SSSR count). The fourth-order valence-corrected chi connectivity index (χ4v) is 2.90. The maximum atomic E-state index is 13.5. The molecule has 0 spiro atoms. The van der Waals surface area contributed by atoms with Gasteiger partial charge in [-0.2, -0.15) is 0 Å². The second-order valence-electron chi connectivity index (χ2n) is 5.13. The van der Waals surface area contributed by atoms with Crippen LogP contribution < -0.4 is 5.73 Å². The third kappa shape index (κ3) is 2.17. The molecule has 6 heteroatoms. The van der Waals surface area contributed by atoms with Crippen molar-refractivity contribution in [3.63, 3.8) is 0 Å². The van der Waals surface area contributed by atoms with Crippen LogP contribution in [0.25, 0.3) is 11.0 Å². The van der Waals surface area contributed by atoms with Gasteiger partial charge in [0.2, 0.25) is 5.95 Å². The molecule has 1 aliphatic heterocycles. The number of benzene rings is 1. The van der Waals surface area contributed by atoms with E-state index in [4.69, 9.17) is 17.3 Å². The number of nitrogens with zero attached hydrogens (tertiary/aromatic N) is 3. The predicted molar refractivity (Wildman–Crippen MR) is 74.9 cm³/mol. The third-order valence-electron chi connectivity index (χ3n) is 3.81. The minimum atomic E-state index is -0.456. The number of nitrogens with two attached hydrogens (primary N) is 1. The summed E-state index contributed by atoms with van der Waals surface area (Å²) in [5.74, 6) is -0.0200. The van der Waals surface area contributed by atoms with Crippen molar-refractivity contribution < 1.29 is 4.39 Å². The van der Waals surface area contributed by atoms with Gasteiger partial charge < -0.3 is 15.2 Å². The Bertz CT molecular complexity index is 617. The summed E-state index contributed by atoms with van der Waals surface area (Å²) in [5, 5.41) is 0.113. The molecular formula is C13H16ClFN4. The first-order valence-electron chi connectivity index (χ1n) is 6.37. The molecule has 0 bridgehead atoms. The minimum absolute atomic E-state index is 0.113. The molecule has 1 saturated heterocycles. The second kappa shape index (κ2) is 4.65. The molecule has 0 aliphatic carbocycles. The van der Waals surface area contributed by atoms with Gasteiger partial charge in [0.15, 0.2) is 0 Å². The van der Waals surface area contributed by atoms with Crippen molar-refractivity contribution >= 4 is 28.6 Å². The van der Waals surface area contributed by atoms with Crippen LogP contribution in [0.2, 0.25) is 5.02 Å². The highest BCUT2D eigenvalue weighted by Crippen LogP contribution is 2.31. The molecule has 0 radical (unpaired) electrons. The molecule has 2 aromatic rings. The Morgan fingerprint density at radius 3 is 2.74 bits per heavy atom. The van der Waals surface area contributed by atoms with Gasteiger partial charge in [-0.15, -0.1) is 0 Å². The molecule has 2 N–H and O–H groups in total. The topological polar surface area (TPSA) is 47.1 Å². The standard InChI is InChI=1S/C13H16ClFN4/c1-18-4-2-8(3-5-18)19-12-6-9(14)10(15)7-11(12)17-13(19)16/h6-8H,2-5H2,1H3,(H2,16,17). The van der Waals surface area contributed by atoms with Gasteiger partial charge in [0.05, 0.1) is 16.1 Å². The first kappa shape index (κ1) is 12.7. The highest BCUT2D eigenvalue weighted by atomic mass is 35.5. The van der Waals surface area contributed by atoms with Gasteiger partial charge in [-0.3, -0.25) is 0 Å². The van der Waals surface area contributed by atoms with Gasteiger partial charge in [-0.05, 0) is 39.0 Å². The van der Waals surface area contributed by atoms with E-state index in [1.165, 1.54) is 6.07 Å². The SMILES string of the molecule is CN1CCC(n2c(N)nc3cc(F)c(Cl)cc32)CC1. The Labute approximate surface area is 116 Å². The summed E-state index contributed by atoms with van der Waals surface area (Å²) in [6.07, 6.45) is 2.03. The normalized spacial score (nSPS) is 18.3. The zero-order valence-corrected chi connectivity index (χ0v) is 11.5. The predicted octanol–water partition coefficient (Wildman–Crippen LogP) is 2.68. The minimum Gasteiger partial charge on any atom is -0.369 e. The summed E-state index contributed by atoms with van der Waals surface area (Å²) in [6, 6.07) is 3.27. The summed E-state index contributed by atoms with van der Waals surface area (Å²) in [5.41, 5.74) is 7.38. The van der Waals surface area contributed by atoms with Crippen LogP contribution in [0.5, 0.6) is 0 Å². The number of imidazole rings is 1. The molecule has 2 heterocycles. The van der Waals surface area contributed by atoms with Crippen molar-refractivity contribution in [3.8, 4) is 0 Å². The summed E-state index contributed by atoms with van der Waals surface area (Å²) in [6.45, 7) is 2.05. The first-order valence-corrected chi connectivity index (χ1v) is 6.75. The van der Waals surface area contributed by atoms with E-state index in [9.17, 15) is 4.39 Å². The van der Waals surface area contributed by atoms with Crippen molar-refractivity contribution in [2.24, 2.45) is 0 Å². The van der Waals surface area contributed by atoms with E-state index < -0.39 is 5.82 Å². The summed E-state index contributed by atoms with van der Waals surface area (Å²) in [7, 11) is 2.11. The Kier molecular flexibility index (Phi) is 3.11. The Morgan fingerprint density at radius 1 is 1.37 bits per heavy atom. The average molecular weight is 283 g/mol. The van der Waals surface area contributed by atoms with E-state index >= 15 is 0 Å². The summed E-state index contributed by atoms with van der Waals surface area (Å²) < 4.78 is 15.4. The molecule has 1 aromatic carbocycles. The maximum absolute atomic E-state index is 13.5. The van der Waals surface area contributed by atoms with Gasteiger partial charge in [0.1, 0.15) is 5.82 Å². The van der Waals surface area contributed by atoms with Gasteiger partial charge >= 0.3 is 0 Å². The largest absolute Gasteiger partial charge is 0.369 e. The number of nitrogen functional groups attached to an aromatic ring is 1. The van der Waals surface area contributed by atoms with Crippen LogP contribution in [-0.2, 0) is 0 Å². The van der Waals surface area contributed by atoms with E-state index in [2.05, 4.69) is 16.9 Å². The Balaban J connectivity index is 2.07. The zero-order chi connectivity index (χ0) is 13.6. The Morgan fingerprint density at radius 2 is 2.05 bits per heavy atom. The zero-order valence-electron chi connectivity index (χ0n) is 10.7. The lowest BCUT2D eigenvalue weighted by atomic mass is 10.1. The van der Waals surface area contributed by atoms with Crippen LogP contribution in [0.1, 0.15) is 18.9 Å². The van der Waals surface area contributed by atoms with Gasteiger partial charge in [-0.1, -0.05) is 11.6 Å². The lowest BCUT2D eigenvalue weighted by Crippen LogP contribution is -2.31. The summed E-state index contributed by atoms with van der Waals surface area (Å²) in [4.78, 5) is 6.53. The number of anilines is 1. The number of fused-ring (bicyclic) bond motifs is 1. The van der Waals surface area contributed by atoms with E-state index in [-0.39, 0.29) is 5.02 Å². The number of likely N-dealkylation sites (tertiary alicyclic amines) is 1. The first-order chi connectivity index (χ1) is 9.06. The van der Waals surface area contributed by atoms with E-state index in [0.29, 0.717) is 17.5 Å². The molecule has 102 valence electrons. The van der Waals surface area contributed by atoms with Crippen molar-refractivity contribution in [2.75, 3.05) is 25.9 Å². The average Bonchev–Trinajstić information content (AvgIpc) is 2.67. The molecule has 0 saturated carbocycles. The molecule has 19 heavy (non-hydrogen) atoms. The number of piperidine rings is 1. The highest BCUT2D eigenvalue weighted by molar-refractivity contribution is 6.31. The quantitative estimate of drug-likeness (QED) is 0.875. The van der Waals surface area contributed by atoms with Crippen LogP contribution in [0.4, 0.5) is 10.3 Å². The summed E-state index contributed by atoms with van der Waals surface area (Å²) >= 11 is 5.87. The van der Waals surface area contributed by atoms with E-state index in [1.807, 2.05) is 4.57 Å². The third-order valence-corrected chi connectivity index (χ3v) is 4.10. The van der Waals surface area contributed by atoms with Crippen molar-refractivity contribution in [2.45, 2.75) is 18.9 Å². The molecule has 1 fully saturated rings. The van der Waals surface area contributed by atoms with Crippen LogP contribution in [0, 0.1) is 5.82 Å². The van der Waals surface area contributed by atoms with E-state index in [0.717, 1.165) is 31.4 Å². The van der Waals surface area contributed by atoms with Gasteiger partial charge in [0, 0.05) is 12.1 Å². The smallest absolute Gasteiger partial charge is 0.201 e. The monoisotopic (exact) mass is 282 g/mol. The number of hydrogen-bond donors (Lipinski definition) is 1. The number of aromatic nitrogens is 2. The maximum Gasteiger partial charge on any atom is 0.201 e. The van der Waals surface area contributed by atoms with Gasteiger partial charge in [-0.25, -0.2) is 9.37 Å². The fourth-order valence-electron chi connectivity index (χ4n) is 2.75. The van der Waals surface area contributed by atoms with Crippen LogP contribution in [0.3, 0.4) is 0 Å². The number of rotatable bonds is 1. The lowest BCUT2D eigenvalue weighted by molar-refractivity contribution is 0.225. The molecule has 0 unspecified atom stereocenters. The number of hydrogen-bond acceptors (Lipinski definition) is 3. The molecule has 0 atom stereocenters. The fraction of sp³-hybridized carbons (Fsp3) is 0.462. The van der Waals surface area contributed by atoms with Crippen molar-refractivity contribution in [1.29, 1.82) is 0 Å². The van der Waals surface area contributed by atoms with Crippen LogP contribution >= 0.6 is 11.6 Å². The lowest BCUT2D eigenvalue weighted by Gasteiger charge is -2.30. The highest BCUT2D eigenvalue weighted by Gasteiger charge is 2.22. The molecule has 0 amide bonds. The van der Waals surface area contributed by atoms with Crippen molar-refractivity contribution in [1.82, 2.24) is 14.5 Å². The second-order valence-corrected chi connectivity index (χ2v) is 5.54. The molecular weight excluding hydrogens is 267 g/mol. The molecule has 4 nitrogen and oxygen atoms in total. The van der Waals surface area contributed by atoms with Gasteiger partial charge in [0.25, 0.3) is 0 Å². The molecule has 1 aliphatic rings. The van der Waals surface area contributed by atoms with Crippen molar-refractivity contribution in [3.05, 3.63) is 23.0 Å². The van der Waals surface area contributed by atoms with E-state index in [1.54, 1.807) is 6.07 Å². The molecule has 1 aromatic heterocycles.